The molecule has 0 aliphatic carbocycles. The zero-order chi connectivity index (χ0) is 19.0. The highest BCUT2D eigenvalue weighted by molar-refractivity contribution is 5.56. The van der Waals surface area contributed by atoms with Gasteiger partial charge in [-0.05, 0) is 84.0 Å². The Morgan fingerprint density at radius 3 is 1.28 bits per heavy atom. The van der Waals surface area contributed by atoms with Crippen molar-refractivity contribution >= 4 is 0 Å². The Bertz CT molecular complexity index is 731. The van der Waals surface area contributed by atoms with Crippen molar-refractivity contribution in [3.05, 3.63) is 56.6 Å². The van der Waals surface area contributed by atoms with Crippen LogP contribution in [0.5, 0.6) is 11.5 Å². The normalized spacial score (nSPS) is 11.6. The number of hydrogen-bond acceptors (Lipinski definition) is 2. The molecule has 0 amide bonds. The first kappa shape index (κ1) is 19.4. The van der Waals surface area contributed by atoms with E-state index in [2.05, 4.69) is 67.5 Å². The Kier molecular flexibility index (Phi) is 5.51. The minimum absolute atomic E-state index is 0.262. The lowest BCUT2D eigenvalue weighted by atomic mass is 9.86. The molecule has 0 atom stereocenters. The van der Waals surface area contributed by atoms with Gasteiger partial charge in [0.15, 0.2) is 0 Å². The van der Waals surface area contributed by atoms with Crippen LogP contribution >= 0.6 is 0 Å². The number of phenolic OH excluding ortho intramolecular Hbond substituents is 2. The fourth-order valence-electron chi connectivity index (χ4n) is 3.89. The Hall–Kier alpha value is -1.96. The van der Waals surface area contributed by atoms with Gasteiger partial charge in [0.05, 0.1) is 0 Å². The third-order valence-corrected chi connectivity index (χ3v) is 5.43. The Balaban J connectivity index is 2.62. The van der Waals surface area contributed by atoms with E-state index in [1.807, 2.05) is 0 Å². The summed E-state index contributed by atoms with van der Waals surface area (Å²) in [6.45, 7) is 16.7. The van der Waals surface area contributed by atoms with Gasteiger partial charge in [-0.3, -0.25) is 0 Å². The average Bonchev–Trinajstić information content (AvgIpc) is 2.49. The van der Waals surface area contributed by atoms with E-state index in [1.165, 1.54) is 11.1 Å². The smallest absolute Gasteiger partial charge is 0.122 e. The molecule has 2 heteroatoms. The molecule has 0 spiro atoms. The van der Waals surface area contributed by atoms with E-state index >= 15 is 0 Å². The minimum atomic E-state index is 0.262. The van der Waals surface area contributed by atoms with Crippen LogP contribution in [0.25, 0.3) is 0 Å². The van der Waals surface area contributed by atoms with Gasteiger partial charge in [0, 0.05) is 6.42 Å². The SMILES string of the molecule is Cc1cc(Cc2cc(C)c(C)c(C(C)C)c2O)c(O)c(C(C)C)c1C. The molecule has 2 aromatic rings. The van der Waals surface area contributed by atoms with Crippen LogP contribution in [-0.2, 0) is 6.42 Å². The summed E-state index contributed by atoms with van der Waals surface area (Å²) in [5.41, 5.74) is 8.49. The van der Waals surface area contributed by atoms with E-state index in [1.54, 1.807) is 0 Å². The van der Waals surface area contributed by atoms with Crippen LogP contribution in [0.15, 0.2) is 12.1 Å². The van der Waals surface area contributed by atoms with E-state index in [-0.39, 0.29) is 11.8 Å². The van der Waals surface area contributed by atoms with Crippen molar-refractivity contribution in [3.63, 3.8) is 0 Å². The molecular formula is C23H32O2. The molecule has 136 valence electrons. The van der Waals surface area contributed by atoms with E-state index in [0.29, 0.717) is 17.9 Å². The maximum absolute atomic E-state index is 10.8. The molecule has 0 bridgehead atoms. The van der Waals surface area contributed by atoms with Gasteiger partial charge < -0.3 is 10.2 Å². The van der Waals surface area contributed by atoms with Crippen molar-refractivity contribution in [1.82, 2.24) is 0 Å². The summed E-state index contributed by atoms with van der Waals surface area (Å²) in [6.07, 6.45) is 0.541. The van der Waals surface area contributed by atoms with Crippen molar-refractivity contribution in [2.24, 2.45) is 0 Å². The summed E-state index contributed by atoms with van der Waals surface area (Å²) in [5.74, 6) is 1.28. The summed E-state index contributed by atoms with van der Waals surface area (Å²) in [5, 5.41) is 21.7. The van der Waals surface area contributed by atoms with Crippen molar-refractivity contribution in [2.45, 2.75) is 73.6 Å². The highest BCUT2D eigenvalue weighted by Crippen LogP contribution is 2.39. The maximum atomic E-state index is 10.8. The van der Waals surface area contributed by atoms with E-state index in [9.17, 15) is 10.2 Å². The molecule has 0 fully saturated rings. The largest absolute Gasteiger partial charge is 0.507 e. The van der Waals surface area contributed by atoms with Gasteiger partial charge in [-0.2, -0.15) is 0 Å². The summed E-state index contributed by atoms with van der Waals surface area (Å²) in [6, 6.07) is 4.11. The minimum Gasteiger partial charge on any atom is -0.507 e. The van der Waals surface area contributed by atoms with E-state index < -0.39 is 0 Å². The predicted octanol–water partition coefficient (Wildman–Crippen LogP) is 6.17. The van der Waals surface area contributed by atoms with Gasteiger partial charge in [-0.15, -0.1) is 0 Å². The first-order valence-electron chi connectivity index (χ1n) is 9.20. The van der Waals surface area contributed by atoms with Gasteiger partial charge in [0.1, 0.15) is 11.5 Å². The quantitative estimate of drug-likeness (QED) is 0.699. The lowest BCUT2D eigenvalue weighted by molar-refractivity contribution is 0.451. The molecule has 25 heavy (non-hydrogen) atoms. The number of hydrogen-bond donors (Lipinski definition) is 2. The number of aryl methyl sites for hydroxylation is 2. The molecule has 2 rings (SSSR count). The first-order valence-corrected chi connectivity index (χ1v) is 9.20. The van der Waals surface area contributed by atoms with Crippen LogP contribution in [0, 0.1) is 27.7 Å². The monoisotopic (exact) mass is 340 g/mol. The van der Waals surface area contributed by atoms with Crippen molar-refractivity contribution in [2.75, 3.05) is 0 Å². The van der Waals surface area contributed by atoms with Crippen LogP contribution in [0.2, 0.25) is 0 Å². The molecule has 2 nitrogen and oxygen atoms in total. The van der Waals surface area contributed by atoms with Crippen molar-refractivity contribution < 1.29 is 10.2 Å². The summed E-state index contributed by atoms with van der Waals surface area (Å²) < 4.78 is 0. The Labute approximate surface area is 152 Å². The van der Waals surface area contributed by atoms with Gasteiger partial charge in [-0.1, -0.05) is 39.8 Å². The fourth-order valence-corrected chi connectivity index (χ4v) is 3.89. The highest BCUT2D eigenvalue weighted by atomic mass is 16.3. The van der Waals surface area contributed by atoms with Gasteiger partial charge >= 0.3 is 0 Å². The number of benzene rings is 2. The van der Waals surface area contributed by atoms with Crippen LogP contribution in [0.1, 0.15) is 84.0 Å². The molecule has 0 heterocycles. The zero-order valence-corrected chi connectivity index (χ0v) is 16.9. The van der Waals surface area contributed by atoms with E-state index in [0.717, 1.165) is 33.4 Å². The lowest BCUT2D eigenvalue weighted by Crippen LogP contribution is -2.03. The Morgan fingerprint density at radius 2 is 1.00 bits per heavy atom. The fraction of sp³-hybridized carbons (Fsp3) is 0.478. The van der Waals surface area contributed by atoms with Gasteiger partial charge in [-0.25, -0.2) is 0 Å². The van der Waals surface area contributed by atoms with Crippen molar-refractivity contribution in [3.8, 4) is 11.5 Å². The maximum Gasteiger partial charge on any atom is 0.122 e. The van der Waals surface area contributed by atoms with Crippen LogP contribution in [0.4, 0.5) is 0 Å². The summed E-state index contributed by atoms with van der Waals surface area (Å²) in [7, 11) is 0. The van der Waals surface area contributed by atoms with Crippen molar-refractivity contribution in [1.29, 1.82) is 0 Å². The molecular weight excluding hydrogens is 308 g/mol. The van der Waals surface area contributed by atoms with E-state index in [4.69, 9.17) is 0 Å². The second kappa shape index (κ2) is 7.11. The Morgan fingerprint density at radius 1 is 0.680 bits per heavy atom. The standard InChI is InChI=1S/C23H32O2/c1-12(2)20-16(7)14(5)9-18(22(20)24)11-19-10-15(6)17(8)21(13(3)4)23(19)25/h9-10,12-13,24-25H,11H2,1-8H3. The molecule has 2 aromatic carbocycles. The zero-order valence-electron chi connectivity index (χ0n) is 16.9. The molecule has 2 N–H and O–H groups in total. The third kappa shape index (κ3) is 3.53. The molecule has 0 aliphatic rings. The molecule has 0 saturated carbocycles. The lowest BCUT2D eigenvalue weighted by Gasteiger charge is -2.21. The molecule has 0 radical (unpaired) electrons. The second-order valence-corrected chi connectivity index (χ2v) is 7.97. The molecule has 0 saturated heterocycles. The number of aromatic hydroxyl groups is 2. The summed E-state index contributed by atoms with van der Waals surface area (Å²) >= 11 is 0. The topological polar surface area (TPSA) is 40.5 Å². The molecule has 0 aliphatic heterocycles. The summed E-state index contributed by atoms with van der Waals surface area (Å²) in [4.78, 5) is 0. The predicted molar refractivity (Wildman–Crippen MR) is 106 cm³/mol. The first-order chi connectivity index (χ1) is 11.6. The van der Waals surface area contributed by atoms with Crippen LogP contribution in [-0.4, -0.2) is 10.2 Å². The molecule has 0 aromatic heterocycles. The van der Waals surface area contributed by atoms with Crippen LogP contribution in [0.3, 0.4) is 0 Å². The third-order valence-electron chi connectivity index (χ3n) is 5.43. The highest BCUT2D eigenvalue weighted by Gasteiger charge is 2.20. The van der Waals surface area contributed by atoms with Crippen LogP contribution < -0.4 is 0 Å². The second-order valence-electron chi connectivity index (χ2n) is 7.97. The molecule has 0 unspecified atom stereocenters. The van der Waals surface area contributed by atoms with Gasteiger partial charge in [0.2, 0.25) is 0 Å². The number of rotatable bonds is 4. The average molecular weight is 341 g/mol. The number of phenols is 2. The van der Waals surface area contributed by atoms with Gasteiger partial charge in [0.25, 0.3) is 0 Å².